The van der Waals surface area contributed by atoms with Crippen molar-refractivity contribution in [3.63, 3.8) is 0 Å². The van der Waals surface area contributed by atoms with E-state index in [-0.39, 0.29) is 17.7 Å². The molecule has 0 unspecified atom stereocenters. The van der Waals surface area contributed by atoms with Crippen LogP contribution >= 0.6 is 11.6 Å². The molecule has 0 radical (unpaired) electrons. The van der Waals surface area contributed by atoms with Crippen LogP contribution in [0, 0.1) is 0 Å². The number of amides is 2. The molecule has 6 nitrogen and oxygen atoms in total. The second-order valence-corrected chi connectivity index (χ2v) is 8.23. The van der Waals surface area contributed by atoms with Crippen LogP contribution in [-0.2, 0) is 4.79 Å². The van der Waals surface area contributed by atoms with Gasteiger partial charge in [-0.1, -0.05) is 36.6 Å². The standard InChI is InChI=1S/C25H25ClN2O4/c1-31-21-14-12-20(13-15-21)28(25(30)22-7-4-16-32-22)23(17-8-10-18(26)11-9-17)24(29)27-19-5-2-3-6-19/h4,7-16,19,23H,2-3,5-6H2,1H3,(H,27,29)/t23-/m1/s1. The molecular formula is C25H25ClN2O4. The normalized spacial score (nSPS) is 14.7. The number of rotatable bonds is 7. The molecule has 0 saturated heterocycles. The molecule has 0 aliphatic heterocycles. The third-order valence-electron chi connectivity index (χ3n) is 5.70. The van der Waals surface area contributed by atoms with Crippen molar-refractivity contribution in [2.75, 3.05) is 12.0 Å². The van der Waals surface area contributed by atoms with Gasteiger partial charge in [-0.2, -0.15) is 0 Å². The Morgan fingerprint density at radius 2 is 1.75 bits per heavy atom. The number of carbonyl (C=O) groups excluding carboxylic acids is 2. The molecule has 0 bridgehead atoms. The summed E-state index contributed by atoms with van der Waals surface area (Å²) >= 11 is 6.10. The lowest BCUT2D eigenvalue weighted by Crippen LogP contribution is -2.46. The Morgan fingerprint density at radius 3 is 2.34 bits per heavy atom. The number of nitrogens with zero attached hydrogens (tertiary/aromatic N) is 1. The fourth-order valence-electron chi connectivity index (χ4n) is 4.06. The summed E-state index contributed by atoms with van der Waals surface area (Å²) in [6.07, 6.45) is 5.49. The highest BCUT2D eigenvalue weighted by Gasteiger charge is 2.35. The molecule has 0 spiro atoms. The van der Waals surface area contributed by atoms with E-state index in [9.17, 15) is 9.59 Å². The topological polar surface area (TPSA) is 71.8 Å². The van der Waals surface area contributed by atoms with Crippen LogP contribution in [0.3, 0.4) is 0 Å². The van der Waals surface area contributed by atoms with Crippen molar-refractivity contribution in [1.82, 2.24) is 5.32 Å². The number of nitrogens with one attached hydrogen (secondary N) is 1. The van der Waals surface area contributed by atoms with E-state index in [0.717, 1.165) is 25.7 Å². The van der Waals surface area contributed by atoms with E-state index in [1.807, 2.05) is 0 Å². The summed E-state index contributed by atoms with van der Waals surface area (Å²) in [4.78, 5) is 28.6. The summed E-state index contributed by atoms with van der Waals surface area (Å²) in [6.45, 7) is 0. The maximum absolute atomic E-state index is 13.6. The highest BCUT2D eigenvalue weighted by atomic mass is 35.5. The van der Waals surface area contributed by atoms with Gasteiger partial charge >= 0.3 is 0 Å². The predicted molar refractivity (Wildman–Crippen MR) is 123 cm³/mol. The Balaban J connectivity index is 1.79. The van der Waals surface area contributed by atoms with Gasteiger partial charge in [0.1, 0.15) is 11.8 Å². The minimum absolute atomic E-state index is 0.105. The number of carbonyl (C=O) groups is 2. The zero-order valence-electron chi connectivity index (χ0n) is 17.8. The van der Waals surface area contributed by atoms with Gasteiger partial charge in [-0.15, -0.1) is 0 Å². The highest BCUT2D eigenvalue weighted by molar-refractivity contribution is 6.30. The van der Waals surface area contributed by atoms with Gasteiger partial charge in [0.2, 0.25) is 5.91 Å². The lowest BCUT2D eigenvalue weighted by atomic mass is 10.0. The number of anilines is 1. The maximum atomic E-state index is 13.6. The quantitative estimate of drug-likeness (QED) is 0.521. The van der Waals surface area contributed by atoms with Gasteiger partial charge in [0.15, 0.2) is 5.76 Å². The molecular weight excluding hydrogens is 428 g/mol. The number of hydrogen-bond donors (Lipinski definition) is 1. The summed E-state index contributed by atoms with van der Waals surface area (Å²) in [5, 5.41) is 3.70. The van der Waals surface area contributed by atoms with Crippen LogP contribution in [0.4, 0.5) is 5.69 Å². The summed E-state index contributed by atoms with van der Waals surface area (Å²) in [5.74, 6) is 0.141. The zero-order chi connectivity index (χ0) is 22.5. The van der Waals surface area contributed by atoms with Gasteiger partial charge in [0, 0.05) is 16.8 Å². The number of halogens is 1. The van der Waals surface area contributed by atoms with Crippen molar-refractivity contribution in [3.8, 4) is 5.75 Å². The van der Waals surface area contributed by atoms with Crippen LogP contribution in [-0.4, -0.2) is 25.0 Å². The van der Waals surface area contributed by atoms with E-state index in [4.69, 9.17) is 20.8 Å². The molecule has 2 amide bonds. The Morgan fingerprint density at radius 1 is 1.06 bits per heavy atom. The van der Waals surface area contributed by atoms with Gasteiger partial charge in [-0.05, 0) is 66.9 Å². The van der Waals surface area contributed by atoms with Crippen molar-refractivity contribution in [1.29, 1.82) is 0 Å². The van der Waals surface area contributed by atoms with E-state index < -0.39 is 11.9 Å². The average molecular weight is 453 g/mol. The molecule has 1 heterocycles. The predicted octanol–water partition coefficient (Wildman–Crippen LogP) is 5.39. The van der Waals surface area contributed by atoms with Crippen molar-refractivity contribution >= 4 is 29.1 Å². The minimum Gasteiger partial charge on any atom is -0.497 e. The van der Waals surface area contributed by atoms with E-state index in [1.54, 1.807) is 67.8 Å². The monoisotopic (exact) mass is 452 g/mol. The number of hydrogen-bond acceptors (Lipinski definition) is 4. The van der Waals surface area contributed by atoms with Crippen molar-refractivity contribution < 1.29 is 18.7 Å². The fourth-order valence-corrected chi connectivity index (χ4v) is 4.18. The van der Waals surface area contributed by atoms with Crippen molar-refractivity contribution in [2.24, 2.45) is 0 Å². The first kappa shape index (κ1) is 22.0. The van der Waals surface area contributed by atoms with Crippen molar-refractivity contribution in [2.45, 2.75) is 37.8 Å². The molecule has 1 atom stereocenters. The smallest absolute Gasteiger partial charge is 0.294 e. The Bertz CT molecular complexity index is 1040. The molecule has 32 heavy (non-hydrogen) atoms. The summed E-state index contributed by atoms with van der Waals surface area (Å²) < 4.78 is 10.7. The van der Waals surface area contributed by atoms with Gasteiger partial charge in [0.05, 0.1) is 13.4 Å². The molecule has 4 rings (SSSR count). The van der Waals surface area contributed by atoms with E-state index >= 15 is 0 Å². The SMILES string of the molecule is COc1ccc(N(C(=O)c2ccco2)[C@@H](C(=O)NC2CCCC2)c2ccc(Cl)cc2)cc1. The molecule has 166 valence electrons. The fraction of sp³-hybridized carbons (Fsp3) is 0.280. The first-order chi connectivity index (χ1) is 15.6. The zero-order valence-corrected chi connectivity index (χ0v) is 18.5. The molecule has 1 aliphatic rings. The van der Waals surface area contributed by atoms with Crippen LogP contribution in [0.5, 0.6) is 5.75 Å². The molecule has 1 aliphatic carbocycles. The lowest BCUT2D eigenvalue weighted by Gasteiger charge is -2.32. The van der Waals surface area contributed by atoms with Gasteiger partial charge in [0.25, 0.3) is 5.91 Å². The van der Waals surface area contributed by atoms with E-state index in [1.165, 1.54) is 11.2 Å². The number of furan rings is 1. The third kappa shape index (κ3) is 4.81. The Labute approximate surface area is 192 Å². The third-order valence-corrected chi connectivity index (χ3v) is 5.95. The Kier molecular flexibility index (Phi) is 6.81. The van der Waals surface area contributed by atoms with Crippen LogP contribution < -0.4 is 15.0 Å². The largest absolute Gasteiger partial charge is 0.497 e. The molecule has 1 aromatic heterocycles. The number of ether oxygens (including phenoxy) is 1. The first-order valence-electron chi connectivity index (χ1n) is 10.6. The van der Waals surface area contributed by atoms with Crippen LogP contribution in [0.15, 0.2) is 71.3 Å². The molecule has 1 N–H and O–H groups in total. The van der Waals surface area contributed by atoms with E-state index in [2.05, 4.69) is 5.32 Å². The van der Waals surface area contributed by atoms with Crippen LogP contribution in [0.2, 0.25) is 5.02 Å². The van der Waals surface area contributed by atoms with Gasteiger partial charge in [-0.3, -0.25) is 14.5 Å². The average Bonchev–Trinajstić information content (AvgIpc) is 3.52. The van der Waals surface area contributed by atoms with Crippen LogP contribution in [0.1, 0.15) is 47.8 Å². The van der Waals surface area contributed by atoms with Crippen LogP contribution in [0.25, 0.3) is 0 Å². The second-order valence-electron chi connectivity index (χ2n) is 7.79. The summed E-state index contributed by atoms with van der Waals surface area (Å²) in [6, 6.07) is 16.4. The molecule has 7 heteroatoms. The van der Waals surface area contributed by atoms with Crippen molar-refractivity contribution in [3.05, 3.63) is 83.3 Å². The molecule has 2 aromatic carbocycles. The molecule has 1 fully saturated rings. The number of benzene rings is 2. The van der Waals surface area contributed by atoms with E-state index in [0.29, 0.717) is 22.0 Å². The minimum atomic E-state index is -0.904. The second kappa shape index (κ2) is 9.92. The lowest BCUT2D eigenvalue weighted by molar-refractivity contribution is -0.123. The van der Waals surface area contributed by atoms with Gasteiger partial charge < -0.3 is 14.5 Å². The summed E-state index contributed by atoms with van der Waals surface area (Å²) in [7, 11) is 1.58. The summed E-state index contributed by atoms with van der Waals surface area (Å²) in [5.41, 5.74) is 1.20. The molecule has 1 saturated carbocycles. The number of methoxy groups -OCH3 is 1. The maximum Gasteiger partial charge on any atom is 0.294 e. The first-order valence-corrected chi connectivity index (χ1v) is 11.0. The Hall–Kier alpha value is -3.25. The van der Waals surface area contributed by atoms with Gasteiger partial charge in [-0.25, -0.2) is 0 Å². The highest BCUT2D eigenvalue weighted by Crippen LogP contribution is 2.32. The molecule has 3 aromatic rings.